The minimum absolute atomic E-state index is 0. The van der Waals surface area contributed by atoms with Gasteiger partial charge in [0, 0.05) is 51.6 Å². The van der Waals surface area contributed by atoms with Crippen LogP contribution >= 0.6 is 35.3 Å². The summed E-state index contributed by atoms with van der Waals surface area (Å²) in [6.45, 7) is 9.52. The molecule has 0 aliphatic carbocycles. The molecule has 28 heavy (non-hydrogen) atoms. The first-order valence-electron chi connectivity index (χ1n) is 9.49. The summed E-state index contributed by atoms with van der Waals surface area (Å²) in [6, 6.07) is 0. The summed E-state index contributed by atoms with van der Waals surface area (Å²) in [7, 11) is 3.76. The van der Waals surface area contributed by atoms with E-state index in [0.717, 1.165) is 61.5 Å². The number of methoxy groups -OCH3 is 1. The Hall–Kier alpha value is -1.20. The van der Waals surface area contributed by atoms with Crippen LogP contribution in [0.4, 0.5) is 0 Å². The number of hydrogen-bond acceptors (Lipinski definition) is 5. The van der Waals surface area contributed by atoms with Gasteiger partial charge in [0.25, 0.3) is 0 Å². The Labute approximate surface area is 189 Å². The predicted molar refractivity (Wildman–Crippen MR) is 127 cm³/mol. The summed E-state index contributed by atoms with van der Waals surface area (Å²) < 4.78 is 7.53. The molecule has 9 heteroatoms. The highest BCUT2D eigenvalue weighted by molar-refractivity contribution is 14.0. The van der Waals surface area contributed by atoms with E-state index in [9.17, 15) is 0 Å². The molecule has 0 saturated heterocycles. The van der Waals surface area contributed by atoms with Crippen molar-refractivity contribution in [1.82, 2.24) is 24.8 Å². The summed E-state index contributed by atoms with van der Waals surface area (Å²) in [6.07, 6.45) is 6.06. The molecule has 2 aromatic rings. The minimum atomic E-state index is 0. The molecule has 0 bridgehead atoms. The molecule has 0 saturated carbocycles. The van der Waals surface area contributed by atoms with Gasteiger partial charge in [-0.2, -0.15) is 0 Å². The molecule has 0 aliphatic rings. The number of unbranched alkanes of at least 4 members (excludes halogenated alkanes) is 1. The summed E-state index contributed by atoms with van der Waals surface area (Å²) in [5, 5.41) is 6.48. The van der Waals surface area contributed by atoms with Crippen molar-refractivity contribution >= 4 is 41.3 Å². The Kier molecular flexibility index (Phi) is 11.6. The molecule has 2 aromatic heterocycles. The number of aryl methyl sites for hydroxylation is 2. The van der Waals surface area contributed by atoms with Crippen LogP contribution in [0.5, 0.6) is 0 Å². The second-order valence-corrected chi connectivity index (χ2v) is 7.41. The second-order valence-electron chi connectivity index (χ2n) is 6.52. The molecule has 0 amide bonds. The third-order valence-corrected chi connectivity index (χ3v) is 5.41. The molecular formula is C19H33IN6OS. The van der Waals surface area contributed by atoms with Crippen molar-refractivity contribution in [3.05, 3.63) is 34.3 Å². The van der Waals surface area contributed by atoms with E-state index in [4.69, 9.17) is 9.73 Å². The molecule has 0 spiro atoms. The van der Waals surface area contributed by atoms with Crippen molar-refractivity contribution in [3.8, 4) is 0 Å². The number of rotatable bonds is 10. The number of aromatic nitrogens is 3. The van der Waals surface area contributed by atoms with Gasteiger partial charge in [-0.15, -0.1) is 35.3 Å². The molecule has 1 atom stereocenters. The van der Waals surface area contributed by atoms with E-state index in [1.165, 1.54) is 0 Å². The fraction of sp³-hybridized carbons (Fsp3) is 0.632. The molecular weight excluding hydrogens is 487 g/mol. The van der Waals surface area contributed by atoms with Gasteiger partial charge in [-0.25, -0.2) is 9.97 Å². The van der Waals surface area contributed by atoms with Crippen molar-refractivity contribution in [3.63, 3.8) is 0 Å². The van der Waals surface area contributed by atoms with E-state index >= 15 is 0 Å². The Balaban J connectivity index is 0.00000392. The third-order valence-electron chi connectivity index (χ3n) is 4.36. The van der Waals surface area contributed by atoms with Crippen molar-refractivity contribution < 1.29 is 4.74 Å². The zero-order valence-corrected chi connectivity index (χ0v) is 20.7. The van der Waals surface area contributed by atoms with Gasteiger partial charge in [0.2, 0.25) is 0 Å². The lowest BCUT2D eigenvalue weighted by atomic mass is 10.3. The number of ether oxygens (including phenoxy) is 1. The standard InChI is InChI=1S/C19H32N6OS.HI/c1-6-20-19(22-9-7-8-11-25-12-10-21-16(25)3)24(4)13-17-14-27-18(23-17)15(2)26-5;/h10,12,14-15H,6-9,11,13H2,1-5H3,(H,20,22);1H. The summed E-state index contributed by atoms with van der Waals surface area (Å²) in [5.74, 6) is 1.99. The number of halogens is 1. The second kappa shape index (κ2) is 13.1. The molecule has 158 valence electrons. The highest BCUT2D eigenvalue weighted by atomic mass is 127. The normalized spacial score (nSPS) is 12.5. The molecule has 0 aliphatic heterocycles. The van der Waals surface area contributed by atoms with Gasteiger partial charge in [0.1, 0.15) is 16.9 Å². The Morgan fingerprint density at radius 1 is 1.43 bits per heavy atom. The van der Waals surface area contributed by atoms with Gasteiger partial charge in [-0.05, 0) is 33.6 Å². The lowest BCUT2D eigenvalue weighted by molar-refractivity contribution is 0.119. The molecule has 1 N–H and O–H groups in total. The van der Waals surface area contributed by atoms with E-state index < -0.39 is 0 Å². The van der Waals surface area contributed by atoms with Crippen molar-refractivity contribution in [2.75, 3.05) is 27.2 Å². The summed E-state index contributed by atoms with van der Waals surface area (Å²) in [4.78, 5) is 15.8. The maximum absolute atomic E-state index is 5.34. The van der Waals surface area contributed by atoms with Crippen LogP contribution in [-0.4, -0.2) is 52.6 Å². The molecule has 1 unspecified atom stereocenters. The largest absolute Gasteiger partial charge is 0.375 e. The number of nitrogens with one attached hydrogen (secondary N) is 1. The molecule has 2 rings (SSSR count). The number of guanidine groups is 1. The van der Waals surface area contributed by atoms with E-state index in [0.29, 0.717) is 0 Å². The summed E-state index contributed by atoms with van der Waals surface area (Å²) >= 11 is 1.64. The molecule has 0 fully saturated rings. The number of imidazole rings is 1. The fourth-order valence-corrected chi connectivity index (χ4v) is 3.53. The van der Waals surface area contributed by atoms with E-state index in [2.05, 4.69) is 44.1 Å². The number of thiazole rings is 1. The first-order chi connectivity index (χ1) is 13.0. The quantitative estimate of drug-likeness (QED) is 0.223. The van der Waals surface area contributed by atoms with Crippen LogP contribution in [0.3, 0.4) is 0 Å². The van der Waals surface area contributed by atoms with Crippen LogP contribution in [0.15, 0.2) is 22.8 Å². The van der Waals surface area contributed by atoms with Gasteiger partial charge in [0.05, 0.1) is 12.2 Å². The summed E-state index contributed by atoms with van der Waals surface area (Å²) in [5.41, 5.74) is 1.04. The predicted octanol–water partition coefficient (Wildman–Crippen LogP) is 3.85. The Morgan fingerprint density at radius 3 is 2.86 bits per heavy atom. The average Bonchev–Trinajstić information content (AvgIpc) is 3.29. The minimum Gasteiger partial charge on any atom is -0.375 e. The van der Waals surface area contributed by atoms with Crippen LogP contribution in [0.2, 0.25) is 0 Å². The molecule has 2 heterocycles. The maximum atomic E-state index is 5.34. The topological polar surface area (TPSA) is 67.6 Å². The van der Waals surface area contributed by atoms with Crippen molar-refractivity contribution in [2.24, 2.45) is 4.99 Å². The lowest BCUT2D eigenvalue weighted by Gasteiger charge is -2.21. The monoisotopic (exact) mass is 520 g/mol. The van der Waals surface area contributed by atoms with Crippen molar-refractivity contribution in [2.45, 2.75) is 52.8 Å². The third kappa shape index (κ3) is 7.67. The molecule has 0 aromatic carbocycles. The highest BCUT2D eigenvalue weighted by Gasteiger charge is 2.12. The molecule has 7 nitrogen and oxygen atoms in total. The van der Waals surface area contributed by atoms with E-state index in [1.807, 2.05) is 26.2 Å². The zero-order valence-electron chi connectivity index (χ0n) is 17.5. The first-order valence-corrected chi connectivity index (χ1v) is 10.4. The fourth-order valence-electron chi connectivity index (χ4n) is 2.69. The van der Waals surface area contributed by atoms with Crippen LogP contribution in [0.1, 0.15) is 49.3 Å². The van der Waals surface area contributed by atoms with Crippen LogP contribution in [0, 0.1) is 6.92 Å². The highest BCUT2D eigenvalue weighted by Crippen LogP contribution is 2.20. The SMILES string of the molecule is CCNC(=NCCCCn1ccnc1C)N(C)Cc1csc(C(C)OC)n1.I. The number of aliphatic imine (C=N–C) groups is 1. The van der Waals surface area contributed by atoms with Crippen molar-refractivity contribution in [1.29, 1.82) is 0 Å². The number of hydrogen-bond donors (Lipinski definition) is 1. The Bertz CT molecular complexity index is 717. The smallest absolute Gasteiger partial charge is 0.194 e. The van der Waals surface area contributed by atoms with Gasteiger partial charge >= 0.3 is 0 Å². The maximum Gasteiger partial charge on any atom is 0.194 e. The van der Waals surface area contributed by atoms with E-state index in [-0.39, 0.29) is 30.1 Å². The van der Waals surface area contributed by atoms with Gasteiger partial charge in [-0.1, -0.05) is 0 Å². The zero-order chi connectivity index (χ0) is 19.6. The van der Waals surface area contributed by atoms with Crippen LogP contribution in [-0.2, 0) is 17.8 Å². The van der Waals surface area contributed by atoms with Crippen LogP contribution in [0.25, 0.3) is 0 Å². The van der Waals surface area contributed by atoms with Gasteiger partial charge < -0.3 is 19.5 Å². The number of nitrogens with zero attached hydrogens (tertiary/aromatic N) is 5. The lowest BCUT2D eigenvalue weighted by Crippen LogP contribution is -2.38. The first kappa shape index (κ1) is 24.8. The van der Waals surface area contributed by atoms with Gasteiger partial charge in [-0.3, -0.25) is 4.99 Å². The van der Waals surface area contributed by atoms with Gasteiger partial charge in [0.15, 0.2) is 5.96 Å². The Morgan fingerprint density at radius 2 is 2.21 bits per heavy atom. The van der Waals surface area contributed by atoms with E-state index in [1.54, 1.807) is 18.4 Å². The average molecular weight is 520 g/mol. The molecule has 0 radical (unpaired) electrons. The van der Waals surface area contributed by atoms with Crippen LogP contribution < -0.4 is 5.32 Å².